The predicted octanol–water partition coefficient (Wildman–Crippen LogP) is 2.24. The van der Waals surface area contributed by atoms with Crippen LogP contribution >= 0.6 is 0 Å². The van der Waals surface area contributed by atoms with Gasteiger partial charge in [0.2, 0.25) is 0 Å². The minimum absolute atomic E-state index is 0.0662. The molecule has 0 saturated heterocycles. The molecule has 0 radical (unpaired) electrons. The van der Waals surface area contributed by atoms with E-state index in [9.17, 15) is 9.90 Å². The molecule has 2 aromatic rings. The van der Waals surface area contributed by atoms with Gasteiger partial charge in [-0.05, 0) is 26.0 Å². The molecule has 1 amide bonds. The van der Waals surface area contributed by atoms with E-state index in [2.05, 4.69) is 16.9 Å². The minimum Gasteiger partial charge on any atom is -0.480 e. The van der Waals surface area contributed by atoms with Crippen molar-refractivity contribution in [3.8, 4) is 6.01 Å². The number of fused-ring (bicyclic) bond motifs is 1. The molecule has 0 bridgehead atoms. The Morgan fingerprint density at radius 1 is 1.58 bits per heavy atom. The second kappa shape index (κ2) is 5.14. The van der Waals surface area contributed by atoms with E-state index in [0.29, 0.717) is 17.6 Å². The molecule has 0 aliphatic heterocycles. The normalized spacial score (nSPS) is 10.9. The van der Waals surface area contributed by atoms with Crippen LogP contribution in [0.3, 0.4) is 0 Å². The first-order valence-electron chi connectivity index (χ1n) is 6.15. The molecule has 19 heavy (non-hydrogen) atoms. The SMILES string of the molecule is C=CCNC(=O)c1cccc2c1nc(O)n2C(C)C. The van der Waals surface area contributed by atoms with Gasteiger partial charge in [-0.15, -0.1) is 6.58 Å². The van der Waals surface area contributed by atoms with Crippen LogP contribution in [0.4, 0.5) is 0 Å². The smallest absolute Gasteiger partial charge is 0.295 e. The van der Waals surface area contributed by atoms with E-state index >= 15 is 0 Å². The highest BCUT2D eigenvalue weighted by Crippen LogP contribution is 2.27. The highest BCUT2D eigenvalue weighted by atomic mass is 16.3. The lowest BCUT2D eigenvalue weighted by Crippen LogP contribution is -2.23. The summed E-state index contributed by atoms with van der Waals surface area (Å²) in [5.74, 6) is -0.223. The van der Waals surface area contributed by atoms with Crippen molar-refractivity contribution in [2.75, 3.05) is 6.54 Å². The van der Waals surface area contributed by atoms with E-state index < -0.39 is 0 Å². The number of para-hydroxylation sites is 1. The lowest BCUT2D eigenvalue weighted by Gasteiger charge is -2.09. The minimum atomic E-state index is -0.223. The summed E-state index contributed by atoms with van der Waals surface area (Å²) < 4.78 is 1.69. The Morgan fingerprint density at radius 2 is 2.32 bits per heavy atom. The van der Waals surface area contributed by atoms with Gasteiger partial charge in [0.15, 0.2) is 0 Å². The van der Waals surface area contributed by atoms with E-state index in [-0.39, 0.29) is 18.0 Å². The second-order valence-corrected chi connectivity index (χ2v) is 4.55. The van der Waals surface area contributed by atoms with Crippen LogP contribution < -0.4 is 5.32 Å². The number of aromatic nitrogens is 2. The van der Waals surface area contributed by atoms with Crippen LogP contribution in [-0.2, 0) is 0 Å². The van der Waals surface area contributed by atoms with Crippen LogP contribution in [0.2, 0.25) is 0 Å². The maximum absolute atomic E-state index is 12.0. The third-order valence-corrected chi connectivity index (χ3v) is 2.87. The van der Waals surface area contributed by atoms with Gasteiger partial charge in [0, 0.05) is 12.6 Å². The highest BCUT2D eigenvalue weighted by molar-refractivity contribution is 6.05. The molecule has 100 valence electrons. The van der Waals surface area contributed by atoms with Crippen molar-refractivity contribution in [3.05, 3.63) is 36.4 Å². The Morgan fingerprint density at radius 3 is 2.95 bits per heavy atom. The molecule has 0 aliphatic carbocycles. The number of nitrogens with one attached hydrogen (secondary N) is 1. The topological polar surface area (TPSA) is 67.2 Å². The van der Waals surface area contributed by atoms with E-state index in [1.165, 1.54) is 0 Å². The zero-order valence-electron chi connectivity index (χ0n) is 11.1. The molecule has 1 heterocycles. The second-order valence-electron chi connectivity index (χ2n) is 4.55. The summed E-state index contributed by atoms with van der Waals surface area (Å²) in [6, 6.07) is 5.31. The number of rotatable bonds is 4. The summed E-state index contributed by atoms with van der Waals surface area (Å²) in [6.07, 6.45) is 1.61. The maximum Gasteiger partial charge on any atom is 0.295 e. The number of aromatic hydroxyl groups is 1. The van der Waals surface area contributed by atoms with Crippen LogP contribution in [0.5, 0.6) is 6.01 Å². The molecule has 0 fully saturated rings. The zero-order valence-corrected chi connectivity index (χ0v) is 11.1. The number of amides is 1. The number of carbonyl (C=O) groups excluding carboxylic acids is 1. The number of hydrogen-bond acceptors (Lipinski definition) is 3. The molecule has 0 unspecified atom stereocenters. The van der Waals surface area contributed by atoms with E-state index in [0.717, 1.165) is 5.52 Å². The lowest BCUT2D eigenvalue weighted by atomic mass is 10.1. The third kappa shape index (κ3) is 2.31. The van der Waals surface area contributed by atoms with Gasteiger partial charge in [0.25, 0.3) is 11.9 Å². The van der Waals surface area contributed by atoms with E-state index in [1.807, 2.05) is 19.9 Å². The van der Waals surface area contributed by atoms with Crippen molar-refractivity contribution in [1.29, 1.82) is 0 Å². The molecular formula is C14H17N3O2. The molecule has 5 nitrogen and oxygen atoms in total. The van der Waals surface area contributed by atoms with Crippen molar-refractivity contribution in [3.63, 3.8) is 0 Å². The Bertz CT molecular complexity index is 629. The highest BCUT2D eigenvalue weighted by Gasteiger charge is 2.17. The van der Waals surface area contributed by atoms with Gasteiger partial charge in [-0.3, -0.25) is 9.36 Å². The lowest BCUT2D eigenvalue weighted by molar-refractivity contribution is 0.0959. The van der Waals surface area contributed by atoms with Gasteiger partial charge in [0.1, 0.15) is 5.52 Å². The van der Waals surface area contributed by atoms with Gasteiger partial charge >= 0.3 is 0 Å². The number of carbonyl (C=O) groups is 1. The van der Waals surface area contributed by atoms with E-state index in [4.69, 9.17) is 0 Å². The molecule has 0 saturated carbocycles. The summed E-state index contributed by atoms with van der Waals surface area (Å²) in [5, 5.41) is 12.6. The Labute approximate surface area is 111 Å². The van der Waals surface area contributed by atoms with Crippen molar-refractivity contribution in [2.45, 2.75) is 19.9 Å². The fraction of sp³-hybridized carbons (Fsp3) is 0.286. The van der Waals surface area contributed by atoms with Crippen LogP contribution in [0, 0.1) is 0 Å². The Kier molecular flexibility index (Phi) is 3.55. The Balaban J connectivity index is 2.55. The summed E-state index contributed by atoms with van der Waals surface area (Å²) in [4.78, 5) is 16.1. The molecule has 1 aromatic heterocycles. The first-order chi connectivity index (χ1) is 9.06. The van der Waals surface area contributed by atoms with Crippen LogP contribution in [0.1, 0.15) is 30.2 Å². The maximum atomic E-state index is 12.0. The first kappa shape index (κ1) is 13.1. The van der Waals surface area contributed by atoms with Gasteiger partial charge in [0.05, 0.1) is 11.1 Å². The molecule has 0 atom stereocenters. The number of hydrogen-bond donors (Lipinski definition) is 2. The van der Waals surface area contributed by atoms with Gasteiger partial charge < -0.3 is 10.4 Å². The number of benzene rings is 1. The van der Waals surface area contributed by atoms with Gasteiger partial charge in [-0.1, -0.05) is 12.1 Å². The average Bonchev–Trinajstić information content (AvgIpc) is 2.71. The largest absolute Gasteiger partial charge is 0.480 e. The summed E-state index contributed by atoms with van der Waals surface area (Å²) >= 11 is 0. The first-order valence-corrected chi connectivity index (χ1v) is 6.15. The molecular weight excluding hydrogens is 242 g/mol. The standard InChI is InChI=1S/C14H17N3O2/c1-4-8-15-13(18)10-6-5-7-11-12(10)16-14(19)17(11)9(2)3/h4-7,9H,1,8H2,2-3H3,(H,15,18)(H,16,19). The number of nitrogens with zero attached hydrogens (tertiary/aromatic N) is 2. The van der Waals surface area contributed by atoms with Crippen molar-refractivity contribution < 1.29 is 9.90 Å². The third-order valence-electron chi connectivity index (χ3n) is 2.87. The molecule has 2 rings (SSSR count). The fourth-order valence-electron chi connectivity index (χ4n) is 2.06. The van der Waals surface area contributed by atoms with Crippen LogP contribution in [-0.4, -0.2) is 27.1 Å². The van der Waals surface area contributed by atoms with Gasteiger partial charge in [-0.2, -0.15) is 4.98 Å². The quantitative estimate of drug-likeness (QED) is 0.827. The summed E-state index contributed by atoms with van der Waals surface area (Å²) in [5.41, 5.74) is 1.71. The van der Waals surface area contributed by atoms with Crippen molar-refractivity contribution in [2.24, 2.45) is 0 Å². The van der Waals surface area contributed by atoms with Gasteiger partial charge in [-0.25, -0.2) is 0 Å². The molecule has 2 N–H and O–H groups in total. The molecule has 0 aliphatic rings. The predicted molar refractivity (Wildman–Crippen MR) is 74.3 cm³/mol. The average molecular weight is 259 g/mol. The number of imidazole rings is 1. The van der Waals surface area contributed by atoms with E-state index in [1.54, 1.807) is 22.8 Å². The molecule has 0 spiro atoms. The van der Waals surface area contributed by atoms with Crippen molar-refractivity contribution in [1.82, 2.24) is 14.9 Å². The van der Waals surface area contributed by atoms with Crippen LogP contribution in [0.15, 0.2) is 30.9 Å². The summed E-state index contributed by atoms with van der Waals surface area (Å²) in [6.45, 7) is 7.85. The Hall–Kier alpha value is -2.30. The molecule has 5 heteroatoms. The fourth-order valence-corrected chi connectivity index (χ4v) is 2.06. The zero-order chi connectivity index (χ0) is 14.0. The monoisotopic (exact) mass is 259 g/mol. The molecule has 1 aromatic carbocycles. The van der Waals surface area contributed by atoms with Crippen molar-refractivity contribution >= 4 is 16.9 Å². The summed E-state index contributed by atoms with van der Waals surface area (Å²) in [7, 11) is 0. The van der Waals surface area contributed by atoms with Crippen LogP contribution in [0.25, 0.3) is 11.0 Å².